The molecule has 0 aliphatic carbocycles. The fourth-order valence-electron chi connectivity index (χ4n) is 3.21. The molecule has 0 amide bonds. The second-order valence-corrected chi connectivity index (χ2v) is 9.08. The number of hydrogen-bond donors (Lipinski definition) is 0. The quantitative estimate of drug-likeness (QED) is 0.728. The van der Waals surface area contributed by atoms with Crippen molar-refractivity contribution >= 4 is 0 Å². The van der Waals surface area contributed by atoms with E-state index in [9.17, 15) is 9.59 Å². The van der Waals surface area contributed by atoms with Gasteiger partial charge in [-0.1, -0.05) is 6.92 Å². The Labute approximate surface area is 163 Å². The number of aromatic nitrogens is 2. The molecule has 0 unspecified atom stereocenters. The van der Waals surface area contributed by atoms with Crippen LogP contribution in [0.4, 0.5) is 0 Å². The summed E-state index contributed by atoms with van der Waals surface area (Å²) in [5.41, 5.74) is 4.28. The monoisotopic (exact) mass is 372 g/mol. The lowest BCUT2D eigenvalue weighted by molar-refractivity contribution is 0.380. The van der Waals surface area contributed by atoms with Gasteiger partial charge in [0, 0.05) is 58.1 Å². The van der Waals surface area contributed by atoms with Crippen LogP contribution in [0, 0.1) is 20.8 Å². The van der Waals surface area contributed by atoms with Gasteiger partial charge in [-0.25, -0.2) is 0 Å². The summed E-state index contributed by atoms with van der Waals surface area (Å²) in [7, 11) is 0. The van der Waals surface area contributed by atoms with E-state index in [0.717, 1.165) is 28.9 Å². The molecule has 0 saturated heterocycles. The van der Waals surface area contributed by atoms with Crippen molar-refractivity contribution in [2.45, 2.75) is 86.7 Å². The zero-order chi connectivity index (χ0) is 21.2. The summed E-state index contributed by atoms with van der Waals surface area (Å²) in [6.45, 7) is 20.7. The van der Waals surface area contributed by atoms with Crippen LogP contribution in [0.3, 0.4) is 0 Å². The maximum absolute atomic E-state index is 11.5. The van der Waals surface area contributed by atoms with Gasteiger partial charge in [0.25, 0.3) is 0 Å². The highest BCUT2D eigenvalue weighted by atomic mass is 16.1. The summed E-state index contributed by atoms with van der Waals surface area (Å²) in [5.74, 6) is 0. The summed E-state index contributed by atoms with van der Waals surface area (Å²) in [6.07, 6.45) is 4.66. The Morgan fingerprint density at radius 1 is 0.741 bits per heavy atom. The standard InChI is InChI=1S/C12H19NO.C11H17NO/c1-6-10-9(2)11(14)7-8-13(10)12(3,4)5;1-8-9(2)12(11(3,4)5)7-6-10(8)13/h7-8H,6H2,1-5H3;6-7H,1-5H3. The van der Waals surface area contributed by atoms with Gasteiger partial charge in [-0.2, -0.15) is 0 Å². The summed E-state index contributed by atoms with van der Waals surface area (Å²) < 4.78 is 4.31. The number of rotatable bonds is 1. The van der Waals surface area contributed by atoms with E-state index in [1.165, 1.54) is 0 Å². The van der Waals surface area contributed by atoms with Gasteiger partial charge in [0.05, 0.1) is 0 Å². The summed E-state index contributed by atoms with van der Waals surface area (Å²) in [6, 6.07) is 3.29. The Balaban J connectivity index is 0.000000271. The van der Waals surface area contributed by atoms with Crippen molar-refractivity contribution in [1.82, 2.24) is 9.13 Å². The van der Waals surface area contributed by atoms with E-state index >= 15 is 0 Å². The molecule has 0 radical (unpaired) electrons. The van der Waals surface area contributed by atoms with E-state index in [2.05, 4.69) is 57.6 Å². The molecule has 0 aromatic carbocycles. The second-order valence-electron chi connectivity index (χ2n) is 9.08. The van der Waals surface area contributed by atoms with Gasteiger partial charge in [0.15, 0.2) is 10.9 Å². The van der Waals surface area contributed by atoms with Crippen LogP contribution < -0.4 is 10.9 Å². The number of hydrogen-bond acceptors (Lipinski definition) is 2. The van der Waals surface area contributed by atoms with Gasteiger partial charge in [-0.3, -0.25) is 9.59 Å². The normalized spacial score (nSPS) is 11.8. The Morgan fingerprint density at radius 2 is 1.15 bits per heavy atom. The van der Waals surface area contributed by atoms with Gasteiger partial charge in [-0.05, 0) is 68.7 Å². The first-order valence-corrected chi connectivity index (χ1v) is 9.62. The first-order chi connectivity index (χ1) is 12.2. The van der Waals surface area contributed by atoms with Crippen LogP contribution in [0.15, 0.2) is 34.1 Å². The number of nitrogens with zero attached hydrogens (tertiary/aromatic N) is 2. The first kappa shape index (κ1) is 22.9. The largest absolute Gasteiger partial charge is 0.346 e. The lowest BCUT2D eigenvalue weighted by atomic mass is 10.0. The topological polar surface area (TPSA) is 44.0 Å². The van der Waals surface area contributed by atoms with Crippen molar-refractivity contribution in [3.05, 3.63) is 67.5 Å². The van der Waals surface area contributed by atoms with Crippen molar-refractivity contribution in [2.24, 2.45) is 0 Å². The third-order valence-corrected chi connectivity index (χ3v) is 4.90. The minimum absolute atomic E-state index is 0.0442. The molecule has 4 heteroatoms. The summed E-state index contributed by atoms with van der Waals surface area (Å²) >= 11 is 0. The Kier molecular flexibility index (Phi) is 7.04. The first-order valence-electron chi connectivity index (χ1n) is 9.62. The van der Waals surface area contributed by atoms with Crippen LogP contribution in [0.2, 0.25) is 0 Å². The van der Waals surface area contributed by atoms with E-state index in [1.54, 1.807) is 12.1 Å². The molecule has 150 valence electrons. The van der Waals surface area contributed by atoms with Crippen LogP contribution >= 0.6 is 0 Å². The molecule has 2 aromatic rings. The summed E-state index contributed by atoms with van der Waals surface area (Å²) in [5, 5.41) is 0. The van der Waals surface area contributed by atoms with Crippen molar-refractivity contribution in [1.29, 1.82) is 0 Å². The van der Waals surface area contributed by atoms with Gasteiger partial charge in [0.1, 0.15) is 0 Å². The molecule has 27 heavy (non-hydrogen) atoms. The lowest BCUT2D eigenvalue weighted by Crippen LogP contribution is -2.28. The zero-order valence-corrected chi connectivity index (χ0v) is 18.7. The minimum atomic E-state index is 0.0442. The molecule has 0 fully saturated rings. The third-order valence-electron chi connectivity index (χ3n) is 4.90. The van der Waals surface area contributed by atoms with Crippen molar-refractivity contribution in [3.8, 4) is 0 Å². The second kappa shape index (κ2) is 8.28. The molecule has 4 nitrogen and oxygen atoms in total. The van der Waals surface area contributed by atoms with Crippen LogP contribution in [-0.2, 0) is 17.5 Å². The van der Waals surface area contributed by atoms with Crippen LogP contribution in [0.1, 0.15) is 71.0 Å². The minimum Gasteiger partial charge on any atom is -0.346 e. The van der Waals surface area contributed by atoms with E-state index in [4.69, 9.17) is 0 Å². The lowest BCUT2D eigenvalue weighted by Gasteiger charge is -2.27. The average Bonchev–Trinajstić information content (AvgIpc) is 2.53. The molecule has 0 N–H and O–H groups in total. The van der Waals surface area contributed by atoms with Crippen molar-refractivity contribution in [2.75, 3.05) is 0 Å². The predicted molar refractivity (Wildman–Crippen MR) is 115 cm³/mol. The third kappa shape index (κ3) is 5.44. The maximum atomic E-state index is 11.5. The number of pyridine rings is 2. The van der Waals surface area contributed by atoms with Gasteiger partial charge >= 0.3 is 0 Å². The van der Waals surface area contributed by atoms with E-state index in [-0.39, 0.29) is 21.9 Å². The molecule has 2 heterocycles. The molecule has 2 aromatic heterocycles. The fraction of sp³-hybridized carbons (Fsp3) is 0.565. The van der Waals surface area contributed by atoms with Crippen molar-refractivity contribution < 1.29 is 0 Å². The smallest absolute Gasteiger partial charge is 0.184 e. The highest BCUT2D eigenvalue weighted by Gasteiger charge is 2.16. The molecule has 2 rings (SSSR count). The molecular formula is C23H36N2O2. The Morgan fingerprint density at radius 3 is 1.56 bits per heavy atom. The fourth-order valence-corrected chi connectivity index (χ4v) is 3.21. The Bertz CT molecular complexity index is 904. The average molecular weight is 373 g/mol. The molecule has 0 aliphatic heterocycles. The molecule has 0 atom stereocenters. The van der Waals surface area contributed by atoms with Crippen LogP contribution in [-0.4, -0.2) is 9.13 Å². The van der Waals surface area contributed by atoms with E-state index in [0.29, 0.717) is 0 Å². The molecule has 0 bridgehead atoms. The molecule has 0 saturated carbocycles. The Hall–Kier alpha value is -2.10. The van der Waals surface area contributed by atoms with Gasteiger partial charge in [-0.15, -0.1) is 0 Å². The van der Waals surface area contributed by atoms with E-state index in [1.807, 2.05) is 33.2 Å². The molecular weight excluding hydrogens is 336 g/mol. The highest BCUT2D eigenvalue weighted by Crippen LogP contribution is 2.18. The highest BCUT2D eigenvalue weighted by molar-refractivity contribution is 5.21. The SMILES string of the molecule is CCc1c(C)c(=O)ccn1C(C)(C)C.Cc1c(C)n(C(C)(C)C)ccc1=O. The zero-order valence-electron chi connectivity index (χ0n) is 18.7. The maximum Gasteiger partial charge on any atom is 0.184 e. The van der Waals surface area contributed by atoms with E-state index < -0.39 is 0 Å². The van der Waals surface area contributed by atoms with Crippen molar-refractivity contribution in [3.63, 3.8) is 0 Å². The molecule has 0 aliphatic rings. The summed E-state index contributed by atoms with van der Waals surface area (Å²) in [4.78, 5) is 22.8. The van der Waals surface area contributed by atoms with Gasteiger partial charge in [0.2, 0.25) is 0 Å². The van der Waals surface area contributed by atoms with Gasteiger partial charge < -0.3 is 9.13 Å². The predicted octanol–water partition coefficient (Wildman–Crippen LogP) is 4.69. The molecule has 0 spiro atoms. The van der Waals surface area contributed by atoms with Crippen LogP contribution in [0.5, 0.6) is 0 Å². The van der Waals surface area contributed by atoms with Crippen LogP contribution in [0.25, 0.3) is 0 Å².